The molecule has 0 aliphatic carbocycles. The number of carbonyl (C=O) groups is 1. The fourth-order valence-corrected chi connectivity index (χ4v) is 3.41. The van der Waals surface area contributed by atoms with E-state index in [0.717, 1.165) is 11.8 Å². The Labute approximate surface area is 178 Å². The number of nitrogens with zero attached hydrogens (tertiary/aromatic N) is 1. The Kier molecular flexibility index (Phi) is 5.31. The van der Waals surface area contributed by atoms with Crippen molar-refractivity contribution in [3.8, 4) is 11.3 Å². The second-order valence-corrected chi connectivity index (χ2v) is 7.22. The Morgan fingerprint density at radius 1 is 0.906 bits per heavy atom. The SMILES string of the molecule is O=C1NCCc2[nH]c(-c3ccnc(/C=C\c4cc(C(F)(F)F)cc(C(F)(F)F)c4)c3)cc21. The van der Waals surface area contributed by atoms with Crippen LogP contribution in [0.4, 0.5) is 26.3 Å². The molecule has 4 rings (SSSR count). The van der Waals surface area contributed by atoms with Gasteiger partial charge in [-0.05, 0) is 48.0 Å². The first-order chi connectivity index (χ1) is 15.0. The molecule has 1 amide bonds. The van der Waals surface area contributed by atoms with Crippen molar-refractivity contribution in [1.82, 2.24) is 15.3 Å². The molecule has 3 heterocycles. The third-order valence-electron chi connectivity index (χ3n) is 4.95. The van der Waals surface area contributed by atoms with Gasteiger partial charge in [0.2, 0.25) is 0 Å². The summed E-state index contributed by atoms with van der Waals surface area (Å²) < 4.78 is 78.2. The van der Waals surface area contributed by atoms with Crippen LogP contribution in [0.5, 0.6) is 0 Å². The van der Waals surface area contributed by atoms with Gasteiger partial charge in [0.25, 0.3) is 5.91 Å². The van der Waals surface area contributed by atoms with E-state index in [0.29, 0.717) is 47.6 Å². The van der Waals surface area contributed by atoms with Crippen molar-refractivity contribution in [2.75, 3.05) is 6.54 Å². The number of benzene rings is 1. The summed E-state index contributed by atoms with van der Waals surface area (Å²) in [6.07, 6.45) is -5.25. The third kappa shape index (κ3) is 4.53. The molecule has 32 heavy (non-hydrogen) atoms. The van der Waals surface area contributed by atoms with Gasteiger partial charge in [-0.15, -0.1) is 0 Å². The monoisotopic (exact) mass is 451 g/mol. The summed E-state index contributed by atoms with van der Waals surface area (Å²) >= 11 is 0. The number of aromatic nitrogens is 2. The molecule has 3 aromatic rings. The van der Waals surface area contributed by atoms with Gasteiger partial charge in [-0.3, -0.25) is 9.78 Å². The first-order valence-electron chi connectivity index (χ1n) is 9.45. The lowest BCUT2D eigenvalue weighted by Gasteiger charge is -2.12. The Hall–Kier alpha value is -3.56. The van der Waals surface area contributed by atoms with Gasteiger partial charge in [0, 0.05) is 36.1 Å². The molecule has 0 saturated heterocycles. The highest BCUT2D eigenvalue weighted by atomic mass is 19.4. The van der Waals surface area contributed by atoms with Gasteiger partial charge < -0.3 is 10.3 Å². The van der Waals surface area contributed by atoms with Gasteiger partial charge in [-0.2, -0.15) is 26.3 Å². The Bertz CT molecular complexity index is 1170. The number of fused-ring (bicyclic) bond motifs is 1. The molecule has 4 nitrogen and oxygen atoms in total. The fraction of sp³-hybridized carbons (Fsp3) is 0.182. The molecule has 10 heteroatoms. The minimum atomic E-state index is -4.92. The van der Waals surface area contributed by atoms with Gasteiger partial charge in [0.15, 0.2) is 0 Å². The van der Waals surface area contributed by atoms with Crippen molar-refractivity contribution in [1.29, 1.82) is 0 Å². The Morgan fingerprint density at radius 2 is 1.59 bits per heavy atom. The van der Waals surface area contributed by atoms with Crippen molar-refractivity contribution in [2.45, 2.75) is 18.8 Å². The van der Waals surface area contributed by atoms with Gasteiger partial charge in [-0.1, -0.05) is 6.08 Å². The van der Waals surface area contributed by atoms with Crippen LogP contribution in [0.2, 0.25) is 0 Å². The lowest BCUT2D eigenvalue weighted by Crippen LogP contribution is -2.31. The van der Waals surface area contributed by atoms with Crippen LogP contribution >= 0.6 is 0 Å². The maximum atomic E-state index is 13.0. The third-order valence-corrected chi connectivity index (χ3v) is 4.95. The van der Waals surface area contributed by atoms with Crippen LogP contribution in [0.15, 0.2) is 42.6 Å². The number of nitrogens with one attached hydrogen (secondary N) is 2. The van der Waals surface area contributed by atoms with Crippen molar-refractivity contribution in [3.05, 3.63) is 76.2 Å². The summed E-state index contributed by atoms with van der Waals surface area (Å²) in [5.41, 5.74) is -0.0563. The molecular weight excluding hydrogens is 436 g/mol. The number of carbonyl (C=O) groups excluding carboxylic acids is 1. The molecule has 166 valence electrons. The number of amides is 1. The smallest absolute Gasteiger partial charge is 0.358 e. The van der Waals surface area contributed by atoms with E-state index in [4.69, 9.17) is 0 Å². The summed E-state index contributed by atoms with van der Waals surface area (Å²) in [5, 5.41) is 2.74. The molecule has 0 fully saturated rings. The second kappa shape index (κ2) is 7.85. The van der Waals surface area contributed by atoms with Crippen LogP contribution in [0.25, 0.3) is 23.4 Å². The number of pyridine rings is 1. The number of alkyl halides is 6. The van der Waals surface area contributed by atoms with Crippen LogP contribution in [0, 0.1) is 0 Å². The lowest BCUT2D eigenvalue weighted by atomic mass is 10.0. The topological polar surface area (TPSA) is 57.8 Å². The molecule has 0 radical (unpaired) electrons. The summed E-state index contributed by atoms with van der Waals surface area (Å²) in [7, 11) is 0. The molecule has 0 spiro atoms. The predicted octanol–water partition coefficient (Wildman–Crippen LogP) is 5.57. The van der Waals surface area contributed by atoms with Crippen LogP contribution in [0.3, 0.4) is 0 Å². The van der Waals surface area contributed by atoms with Crippen LogP contribution < -0.4 is 5.32 Å². The maximum Gasteiger partial charge on any atom is 0.416 e. The van der Waals surface area contributed by atoms with E-state index in [2.05, 4.69) is 15.3 Å². The summed E-state index contributed by atoms with van der Waals surface area (Å²) in [6, 6.07) is 6.36. The number of aromatic amines is 1. The highest BCUT2D eigenvalue weighted by Gasteiger charge is 2.36. The zero-order valence-electron chi connectivity index (χ0n) is 16.2. The van der Waals surface area contributed by atoms with Crippen LogP contribution in [-0.4, -0.2) is 22.4 Å². The number of hydrogen-bond donors (Lipinski definition) is 2. The first kappa shape index (κ1) is 21.7. The van der Waals surface area contributed by atoms with Gasteiger partial charge in [0.05, 0.1) is 22.4 Å². The number of hydrogen-bond acceptors (Lipinski definition) is 2. The number of rotatable bonds is 3. The van der Waals surface area contributed by atoms with Crippen molar-refractivity contribution in [3.63, 3.8) is 0 Å². The van der Waals surface area contributed by atoms with E-state index in [1.165, 1.54) is 12.3 Å². The van der Waals surface area contributed by atoms with Gasteiger partial charge >= 0.3 is 12.4 Å². The van der Waals surface area contributed by atoms with Crippen LogP contribution in [0.1, 0.15) is 38.4 Å². The van der Waals surface area contributed by atoms with Crippen molar-refractivity contribution in [2.24, 2.45) is 0 Å². The quantitative estimate of drug-likeness (QED) is 0.512. The fourth-order valence-electron chi connectivity index (χ4n) is 3.41. The molecule has 2 N–H and O–H groups in total. The van der Waals surface area contributed by atoms with E-state index in [1.807, 2.05) is 0 Å². The van der Waals surface area contributed by atoms with E-state index >= 15 is 0 Å². The molecule has 0 unspecified atom stereocenters. The second-order valence-electron chi connectivity index (χ2n) is 7.22. The van der Waals surface area contributed by atoms with E-state index in [-0.39, 0.29) is 17.5 Å². The zero-order valence-corrected chi connectivity index (χ0v) is 16.2. The first-order valence-corrected chi connectivity index (χ1v) is 9.45. The van der Waals surface area contributed by atoms with Crippen molar-refractivity contribution < 1.29 is 31.1 Å². The molecule has 1 aliphatic rings. The molecule has 0 bridgehead atoms. The average Bonchev–Trinajstić information content (AvgIpc) is 3.17. The summed E-state index contributed by atoms with van der Waals surface area (Å²) in [5.74, 6) is -0.187. The number of halogens is 6. The average molecular weight is 451 g/mol. The molecular formula is C22H15F6N3O. The number of H-pyrrole nitrogens is 1. The largest absolute Gasteiger partial charge is 0.416 e. The molecule has 0 atom stereocenters. The molecule has 0 saturated carbocycles. The summed E-state index contributed by atoms with van der Waals surface area (Å²) in [6.45, 7) is 0.521. The molecule has 2 aromatic heterocycles. The zero-order chi connectivity index (χ0) is 23.1. The molecule has 1 aromatic carbocycles. The normalized spacial score (nSPS) is 14.5. The minimum absolute atomic E-state index is 0.0827. The van der Waals surface area contributed by atoms with Gasteiger partial charge in [0.1, 0.15) is 0 Å². The van der Waals surface area contributed by atoms with E-state index in [1.54, 1.807) is 18.2 Å². The van der Waals surface area contributed by atoms with Crippen molar-refractivity contribution >= 4 is 18.1 Å². The van der Waals surface area contributed by atoms with Gasteiger partial charge in [-0.25, -0.2) is 0 Å². The van der Waals surface area contributed by atoms with Crippen LogP contribution in [-0.2, 0) is 18.8 Å². The highest BCUT2D eigenvalue weighted by Crippen LogP contribution is 2.36. The van der Waals surface area contributed by atoms with E-state index < -0.39 is 23.5 Å². The molecule has 1 aliphatic heterocycles. The predicted molar refractivity (Wildman–Crippen MR) is 105 cm³/mol. The Balaban J connectivity index is 1.66. The maximum absolute atomic E-state index is 13.0. The highest BCUT2D eigenvalue weighted by molar-refractivity contribution is 5.97. The standard InChI is InChI=1S/C22H15F6N3O/c23-21(24,25)14-7-12(8-15(10-14)22(26,27)28)1-2-16-9-13(3-5-29-16)19-11-17-18(31-19)4-6-30-20(17)32/h1-3,5,7-11,31H,4,6H2,(H,30,32)/b2-1-. The minimum Gasteiger partial charge on any atom is -0.358 e. The van der Waals surface area contributed by atoms with E-state index in [9.17, 15) is 31.1 Å². The lowest BCUT2D eigenvalue weighted by molar-refractivity contribution is -0.143. The summed E-state index contributed by atoms with van der Waals surface area (Å²) in [4.78, 5) is 19.2. The Morgan fingerprint density at radius 3 is 2.22 bits per heavy atom.